The smallest absolute Gasteiger partial charge is 0.311 e. The molecule has 2 aliphatic heterocycles. The second kappa shape index (κ2) is 9.91. The lowest BCUT2D eigenvalue weighted by molar-refractivity contribution is -0.310. The van der Waals surface area contributed by atoms with E-state index in [1.54, 1.807) is 0 Å². The summed E-state index contributed by atoms with van der Waals surface area (Å²) in [5.41, 5.74) is 0.669. The van der Waals surface area contributed by atoms with Crippen molar-refractivity contribution < 1.29 is 14.4 Å². The average molecular weight is 473 g/mol. The van der Waals surface area contributed by atoms with Crippen LogP contribution in [0.25, 0.3) is 0 Å². The number of esters is 1. The highest BCUT2D eigenvalue weighted by molar-refractivity contribution is 5.74. The molecule has 2 heterocycles. The van der Waals surface area contributed by atoms with Crippen molar-refractivity contribution in [1.29, 1.82) is 0 Å². The summed E-state index contributed by atoms with van der Waals surface area (Å²) in [5.74, 6) is -0.304. The molecule has 1 aromatic rings. The van der Waals surface area contributed by atoms with E-state index in [4.69, 9.17) is 9.57 Å². The van der Waals surface area contributed by atoms with Crippen molar-refractivity contribution in [1.82, 2.24) is 9.96 Å². The predicted octanol–water partition coefficient (Wildman–Crippen LogP) is 6.39. The van der Waals surface area contributed by atoms with E-state index in [-0.39, 0.29) is 47.1 Å². The van der Waals surface area contributed by atoms with Gasteiger partial charge >= 0.3 is 5.97 Å². The lowest BCUT2D eigenvalue weighted by Gasteiger charge is -2.52. The topological polar surface area (TPSA) is 42.0 Å². The Hall–Kier alpha value is -1.43. The van der Waals surface area contributed by atoms with Crippen LogP contribution in [0.4, 0.5) is 0 Å². The second-order valence-electron chi connectivity index (χ2n) is 12.8. The van der Waals surface area contributed by atoms with E-state index in [2.05, 4.69) is 82.7 Å². The Labute approximate surface area is 208 Å². The molecule has 1 aromatic carbocycles. The largest absolute Gasteiger partial charge is 0.460 e. The summed E-state index contributed by atoms with van der Waals surface area (Å²) in [6, 6.07) is 10.8. The van der Waals surface area contributed by atoms with Gasteiger partial charge in [0.05, 0.1) is 12.0 Å². The fourth-order valence-corrected chi connectivity index (χ4v) is 6.21. The zero-order valence-corrected chi connectivity index (χ0v) is 23.2. The molecule has 0 bridgehead atoms. The van der Waals surface area contributed by atoms with E-state index in [9.17, 15) is 4.79 Å². The van der Waals surface area contributed by atoms with E-state index in [1.807, 2.05) is 26.8 Å². The van der Waals surface area contributed by atoms with Gasteiger partial charge in [-0.25, -0.2) is 0 Å². The number of benzene rings is 1. The van der Waals surface area contributed by atoms with Crippen LogP contribution in [-0.2, 0) is 14.4 Å². The Bertz CT molecular complexity index is 814. The lowest BCUT2D eigenvalue weighted by Crippen LogP contribution is -2.59. The molecule has 34 heavy (non-hydrogen) atoms. The normalized spacial score (nSPS) is 29.5. The zero-order chi connectivity index (χ0) is 25.5. The molecule has 0 aromatic heterocycles. The molecular weight excluding hydrogens is 424 g/mol. The number of rotatable bonds is 6. The number of nitrogens with zero attached hydrogens (tertiary/aromatic N) is 2. The van der Waals surface area contributed by atoms with Gasteiger partial charge in [-0.1, -0.05) is 30.3 Å². The van der Waals surface area contributed by atoms with E-state index < -0.39 is 5.60 Å². The molecule has 0 unspecified atom stereocenters. The van der Waals surface area contributed by atoms with Gasteiger partial charge in [-0.2, -0.15) is 5.06 Å². The number of piperidine rings is 1. The van der Waals surface area contributed by atoms with Gasteiger partial charge in [0.2, 0.25) is 0 Å². The molecule has 2 saturated heterocycles. The molecule has 0 radical (unpaired) electrons. The maximum absolute atomic E-state index is 13.5. The molecule has 2 fully saturated rings. The highest BCUT2D eigenvalue weighted by Gasteiger charge is 2.51. The SMILES string of the molecule is C[C@H](c1ccccc1)N1C[C@H]([C@@H](C)ON2C(C)(C)CCCC2(C)C)[C@H](C(=O)OC(C)(C)C)[C@H]1C. The molecule has 0 amide bonds. The molecule has 192 valence electrons. The third-order valence-electron chi connectivity index (χ3n) is 7.94. The molecule has 0 N–H and O–H groups in total. The van der Waals surface area contributed by atoms with Crippen molar-refractivity contribution >= 4 is 5.97 Å². The van der Waals surface area contributed by atoms with Gasteiger partial charge in [0.25, 0.3) is 0 Å². The van der Waals surface area contributed by atoms with Gasteiger partial charge in [0.1, 0.15) is 5.60 Å². The Kier molecular flexibility index (Phi) is 7.91. The van der Waals surface area contributed by atoms with Crippen LogP contribution >= 0.6 is 0 Å². The minimum absolute atomic E-state index is 0.0430. The van der Waals surface area contributed by atoms with Crippen molar-refractivity contribution in [2.45, 2.75) is 123 Å². The standard InChI is InChI=1S/C29H48N2O3/c1-20(23-15-12-11-13-16-23)30-19-24(25(21(30)2)26(32)33-27(4,5)6)22(3)34-31-28(7,8)17-14-18-29(31,9)10/h11-13,15-16,20-22,24-25H,14,17-19H2,1-10H3/t20-,21-,22-,24-,25-/m1/s1. The molecule has 2 aliphatic rings. The van der Waals surface area contributed by atoms with Crippen LogP contribution in [0.2, 0.25) is 0 Å². The Morgan fingerprint density at radius 1 is 1.03 bits per heavy atom. The third kappa shape index (κ3) is 5.85. The molecule has 0 aliphatic carbocycles. The lowest BCUT2D eigenvalue weighted by atomic mass is 9.82. The summed E-state index contributed by atoms with van der Waals surface area (Å²) in [7, 11) is 0. The fourth-order valence-electron chi connectivity index (χ4n) is 6.21. The summed E-state index contributed by atoms with van der Waals surface area (Å²) in [5, 5.41) is 2.23. The number of carbonyl (C=O) groups excluding carboxylic acids is 1. The molecule has 0 spiro atoms. The Balaban J connectivity index is 1.89. The second-order valence-corrected chi connectivity index (χ2v) is 12.8. The zero-order valence-electron chi connectivity index (χ0n) is 23.2. The quantitative estimate of drug-likeness (QED) is 0.449. The monoisotopic (exact) mass is 472 g/mol. The van der Waals surface area contributed by atoms with Gasteiger partial charge < -0.3 is 4.74 Å². The van der Waals surface area contributed by atoms with Crippen molar-refractivity contribution in [2.24, 2.45) is 11.8 Å². The van der Waals surface area contributed by atoms with E-state index >= 15 is 0 Å². The Morgan fingerprint density at radius 2 is 1.59 bits per heavy atom. The first-order valence-electron chi connectivity index (χ1n) is 13.1. The number of hydrogen-bond donors (Lipinski definition) is 0. The highest BCUT2D eigenvalue weighted by Crippen LogP contribution is 2.43. The van der Waals surface area contributed by atoms with Crippen LogP contribution in [0, 0.1) is 11.8 Å². The molecule has 0 saturated carbocycles. The summed E-state index contributed by atoms with van der Waals surface area (Å²) >= 11 is 0. The van der Waals surface area contributed by atoms with Crippen molar-refractivity contribution in [3.8, 4) is 0 Å². The minimum atomic E-state index is -0.513. The van der Waals surface area contributed by atoms with E-state index in [1.165, 1.54) is 12.0 Å². The fraction of sp³-hybridized carbons (Fsp3) is 0.759. The van der Waals surface area contributed by atoms with Crippen molar-refractivity contribution in [3.05, 3.63) is 35.9 Å². The minimum Gasteiger partial charge on any atom is -0.460 e. The van der Waals surface area contributed by atoms with Crippen molar-refractivity contribution in [3.63, 3.8) is 0 Å². The van der Waals surface area contributed by atoms with Crippen molar-refractivity contribution in [2.75, 3.05) is 6.54 Å². The van der Waals surface area contributed by atoms with Gasteiger partial charge in [-0.15, -0.1) is 0 Å². The van der Waals surface area contributed by atoms with Gasteiger partial charge in [0, 0.05) is 35.6 Å². The van der Waals surface area contributed by atoms with Gasteiger partial charge in [-0.3, -0.25) is 14.5 Å². The van der Waals surface area contributed by atoms with Crippen LogP contribution in [-0.4, -0.2) is 51.3 Å². The highest BCUT2D eigenvalue weighted by atomic mass is 16.7. The summed E-state index contributed by atoms with van der Waals surface area (Å²) in [4.78, 5) is 22.8. The number of hydroxylamine groups is 2. The Morgan fingerprint density at radius 3 is 2.12 bits per heavy atom. The average Bonchev–Trinajstić information content (AvgIpc) is 3.06. The van der Waals surface area contributed by atoms with Gasteiger partial charge in [-0.05, 0) is 94.1 Å². The number of hydrogen-bond acceptors (Lipinski definition) is 5. The first-order valence-corrected chi connectivity index (χ1v) is 13.1. The number of likely N-dealkylation sites (tertiary alicyclic amines) is 1. The van der Waals surface area contributed by atoms with Crippen LogP contribution in [0.1, 0.15) is 100 Å². The first-order chi connectivity index (χ1) is 15.6. The first kappa shape index (κ1) is 27.2. The van der Waals surface area contributed by atoms with Crippen LogP contribution in [0.5, 0.6) is 0 Å². The summed E-state index contributed by atoms with van der Waals surface area (Å²) < 4.78 is 5.94. The number of carbonyl (C=O) groups is 1. The summed E-state index contributed by atoms with van der Waals surface area (Å²) in [6.07, 6.45) is 3.32. The predicted molar refractivity (Wildman–Crippen MR) is 138 cm³/mol. The molecule has 5 nitrogen and oxygen atoms in total. The number of ether oxygens (including phenoxy) is 1. The summed E-state index contributed by atoms with van der Waals surface area (Å²) in [6.45, 7) is 22.3. The van der Waals surface area contributed by atoms with Gasteiger partial charge in [0.15, 0.2) is 0 Å². The van der Waals surface area contributed by atoms with Crippen LogP contribution < -0.4 is 0 Å². The third-order valence-corrected chi connectivity index (χ3v) is 7.94. The maximum atomic E-state index is 13.5. The van der Waals surface area contributed by atoms with Crippen LogP contribution in [0.3, 0.4) is 0 Å². The van der Waals surface area contributed by atoms with E-state index in [0.29, 0.717) is 0 Å². The van der Waals surface area contributed by atoms with E-state index in [0.717, 1.165) is 19.4 Å². The molecule has 3 rings (SSSR count). The maximum Gasteiger partial charge on any atom is 0.311 e. The molecule has 5 heteroatoms. The van der Waals surface area contributed by atoms with Crippen LogP contribution in [0.15, 0.2) is 30.3 Å². The molecular formula is C29H48N2O3. The molecule has 5 atom stereocenters.